The number of carbonyl (C=O) groups is 1. The van der Waals surface area contributed by atoms with E-state index in [2.05, 4.69) is 9.47 Å². The molecule has 2 aliphatic rings. The van der Waals surface area contributed by atoms with Gasteiger partial charge in [-0.05, 0) is 0 Å². The lowest BCUT2D eigenvalue weighted by atomic mass is 10.1. The van der Waals surface area contributed by atoms with Crippen LogP contribution in [0.4, 0.5) is 0 Å². The van der Waals surface area contributed by atoms with Crippen molar-refractivity contribution in [2.45, 2.75) is 30.7 Å². The first-order chi connectivity index (χ1) is 5.61. The Kier molecular flexibility index (Phi) is 1.58. The quantitative estimate of drug-likeness (QED) is 0.349. The Morgan fingerprint density at radius 2 is 1.83 bits per heavy atom. The van der Waals surface area contributed by atoms with Crippen LogP contribution in [0.25, 0.3) is 0 Å². The molecule has 0 aliphatic carbocycles. The normalized spacial score (nSPS) is 52.2. The summed E-state index contributed by atoms with van der Waals surface area (Å²) < 4.78 is 9.25. The zero-order valence-electron chi connectivity index (χ0n) is 5.95. The van der Waals surface area contributed by atoms with Gasteiger partial charge in [0.05, 0.1) is 0 Å². The van der Waals surface area contributed by atoms with Crippen LogP contribution >= 0.6 is 0 Å². The zero-order chi connectivity index (χ0) is 8.88. The van der Waals surface area contributed by atoms with E-state index < -0.39 is 36.7 Å². The van der Waals surface area contributed by atoms with Crippen LogP contribution in [0, 0.1) is 0 Å². The smallest absolute Gasteiger partial charge is 0.338 e. The predicted octanol–water partition coefficient (Wildman–Crippen LogP) is -2.65. The third kappa shape index (κ3) is 0.862. The molecule has 2 rings (SSSR count). The topological polar surface area (TPSA) is 96.2 Å². The average Bonchev–Trinajstić information content (AvgIpc) is 2.43. The van der Waals surface area contributed by atoms with Gasteiger partial charge in [-0.2, -0.15) is 0 Å². The van der Waals surface area contributed by atoms with Crippen molar-refractivity contribution in [2.24, 2.45) is 0 Å². The minimum absolute atomic E-state index is 0.823. The first-order valence-corrected chi connectivity index (χ1v) is 3.51. The standard InChI is InChI=1S/C6H8O6/c7-1-3-4(12-5(1)9)2(8)6(10)11-3/h1-5,7-9H/t1-,2-,3?,4+,5?/m0/s1. The maximum absolute atomic E-state index is 10.7. The zero-order valence-corrected chi connectivity index (χ0v) is 5.95. The summed E-state index contributed by atoms with van der Waals surface area (Å²) in [5.74, 6) is -0.823. The molecule has 2 aliphatic heterocycles. The highest BCUT2D eigenvalue weighted by atomic mass is 16.7. The Labute approximate surface area is 67.3 Å². The SMILES string of the molecule is O=C1OC2[C@H](O)C(O)O[C@@H]2[C@@H]1O. The molecule has 2 unspecified atom stereocenters. The molecular formula is C6H8O6. The molecule has 0 aromatic carbocycles. The highest BCUT2D eigenvalue weighted by Gasteiger charge is 2.56. The summed E-state index contributed by atoms with van der Waals surface area (Å²) in [4.78, 5) is 10.7. The van der Waals surface area contributed by atoms with Crippen LogP contribution in [-0.4, -0.2) is 52.0 Å². The van der Waals surface area contributed by atoms with Gasteiger partial charge in [0.15, 0.2) is 18.5 Å². The fraction of sp³-hybridized carbons (Fsp3) is 0.833. The second kappa shape index (κ2) is 2.40. The second-order valence-electron chi connectivity index (χ2n) is 2.83. The summed E-state index contributed by atoms with van der Waals surface area (Å²) in [7, 11) is 0. The van der Waals surface area contributed by atoms with Crippen LogP contribution in [0.3, 0.4) is 0 Å². The van der Waals surface area contributed by atoms with E-state index in [0.717, 1.165) is 0 Å². The molecule has 6 nitrogen and oxygen atoms in total. The van der Waals surface area contributed by atoms with Gasteiger partial charge in [-0.25, -0.2) is 4.79 Å². The summed E-state index contributed by atoms with van der Waals surface area (Å²) in [6.45, 7) is 0. The van der Waals surface area contributed by atoms with Gasteiger partial charge < -0.3 is 24.8 Å². The van der Waals surface area contributed by atoms with E-state index in [1.54, 1.807) is 0 Å². The largest absolute Gasteiger partial charge is 0.454 e. The van der Waals surface area contributed by atoms with Crippen LogP contribution < -0.4 is 0 Å². The van der Waals surface area contributed by atoms with Crippen molar-refractivity contribution in [2.75, 3.05) is 0 Å². The van der Waals surface area contributed by atoms with Gasteiger partial charge >= 0.3 is 5.97 Å². The van der Waals surface area contributed by atoms with E-state index in [1.165, 1.54) is 0 Å². The molecule has 0 saturated carbocycles. The minimum Gasteiger partial charge on any atom is -0.454 e. The molecule has 6 heteroatoms. The molecule has 0 aromatic heterocycles. The van der Waals surface area contributed by atoms with Gasteiger partial charge in [-0.3, -0.25) is 0 Å². The number of carbonyl (C=O) groups excluding carboxylic acids is 1. The Bertz CT molecular complexity index is 216. The van der Waals surface area contributed by atoms with E-state index in [4.69, 9.17) is 15.3 Å². The van der Waals surface area contributed by atoms with Crippen molar-refractivity contribution in [3.05, 3.63) is 0 Å². The highest BCUT2D eigenvalue weighted by Crippen LogP contribution is 2.30. The molecule has 0 aromatic rings. The minimum atomic E-state index is -1.40. The maximum atomic E-state index is 10.7. The molecule has 12 heavy (non-hydrogen) atoms. The summed E-state index contributed by atoms with van der Waals surface area (Å²) in [6.07, 6.45) is -5.94. The Balaban J connectivity index is 2.19. The first-order valence-electron chi connectivity index (χ1n) is 3.51. The molecule has 0 radical (unpaired) electrons. The number of rotatable bonds is 0. The van der Waals surface area contributed by atoms with E-state index >= 15 is 0 Å². The summed E-state index contributed by atoms with van der Waals surface area (Å²) in [6, 6.07) is 0. The van der Waals surface area contributed by atoms with Crippen molar-refractivity contribution in [1.29, 1.82) is 0 Å². The molecule has 5 atom stereocenters. The molecule has 3 N–H and O–H groups in total. The van der Waals surface area contributed by atoms with Crippen LogP contribution in [0.15, 0.2) is 0 Å². The van der Waals surface area contributed by atoms with E-state index in [-0.39, 0.29) is 0 Å². The fourth-order valence-corrected chi connectivity index (χ4v) is 1.40. The number of aliphatic hydroxyl groups is 3. The van der Waals surface area contributed by atoms with Crippen LogP contribution in [-0.2, 0) is 14.3 Å². The van der Waals surface area contributed by atoms with E-state index in [9.17, 15) is 4.79 Å². The van der Waals surface area contributed by atoms with Crippen LogP contribution in [0.1, 0.15) is 0 Å². The third-order valence-corrected chi connectivity index (χ3v) is 2.05. The van der Waals surface area contributed by atoms with Gasteiger partial charge in [0, 0.05) is 0 Å². The monoisotopic (exact) mass is 176 g/mol. The molecule has 0 bridgehead atoms. The number of hydrogen-bond donors (Lipinski definition) is 3. The molecule has 0 spiro atoms. The summed E-state index contributed by atoms with van der Waals surface area (Å²) in [5, 5.41) is 27.2. The number of ether oxygens (including phenoxy) is 2. The van der Waals surface area contributed by atoms with Gasteiger partial charge in [-0.15, -0.1) is 0 Å². The lowest BCUT2D eigenvalue weighted by Crippen LogP contribution is -2.32. The number of fused-ring (bicyclic) bond motifs is 1. The highest BCUT2D eigenvalue weighted by molar-refractivity contribution is 5.78. The Morgan fingerprint density at radius 3 is 2.42 bits per heavy atom. The summed E-state index contributed by atoms with van der Waals surface area (Å²) in [5.41, 5.74) is 0. The molecule has 68 valence electrons. The van der Waals surface area contributed by atoms with Gasteiger partial charge in [-0.1, -0.05) is 0 Å². The van der Waals surface area contributed by atoms with Crippen LogP contribution in [0.5, 0.6) is 0 Å². The van der Waals surface area contributed by atoms with Gasteiger partial charge in [0.2, 0.25) is 0 Å². The predicted molar refractivity (Wildman–Crippen MR) is 32.8 cm³/mol. The van der Waals surface area contributed by atoms with Gasteiger partial charge in [0.1, 0.15) is 12.2 Å². The van der Waals surface area contributed by atoms with Crippen LogP contribution in [0.2, 0.25) is 0 Å². The Morgan fingerprint density at radius 1 is 1.17 bits per heavy atom. The van der Waals surface area contributed by atoms with Gasteiger partial charge in [0.25, 0.3) is 0 Å². The van der Waals surface area contributed by atoms with Crippen molar-refractivity contribution < 1.29 is 29.6 Å². The first kappa shape index (κ1) is 7.93. The average molecular weight is 176 g/mol. The maximum Gasteiger partial charge on any atom is 0.338 e. The van der Waals surface area contributed by atoms with E-state index in [1.807, 2.05) is 0 Å². The van der Waals surface area contributed by atoms with E-state index in [0.29, 0.717) is 0 Å². The molecule has 2 saturated heterocycles. The second-order valence-corrected chi connectivity index (χ2v) is 2.83. The Hall–Kier alpha value is -0.690. The fourth-order valence-electron chi connectivity index (χ4n) is 1.40. The number of esters is 1. The molecule has 0 amide bonds. The van der Waals surface area contributed by atoms with Crippen molar-refractivity contribution >= 4 is 5.97 Å². The van der Waals surface area contributed by atoms with Crippen molar-refractivity contribution in [3.8, 4) is 0 Å². The lowest BCUT2D eigenvalue weighted by Gasteiger charge is -2.10. The lowest BCUT2D eigenvalue weighted by molar-refractivity contribution is -0.168. The number of hydrogen-bond acceptors (Lipinski definition) is 6. The molecular weight excluding hydrogens is 168 g/mol. The third-order valence-electron chi connectivity index (χ3n) is 2.05. The van der Waals surface area contributed by atoms with Crippen molar-refractivity contribution in [1.82, 2.24) is 0 Å². The summed E-state index contributed by atoms with van der Waals surface area (Å²) >= 11 is 0. The van der Waals surface area contributed by atoms with Crippen molar-refractivity contribution in [3.63, 3.8) is 0 Å². The molecule has 2 heterocycles. The molecule has 2 fully saturated rings. The number of aliphatic hydroxyl groups excluding tert-OH is 3.